The van der Waals surface area contributed by atoms with E-state index in [2.05, 4.69) is 49.5 Å². The second-order valence-electron chi connectivity index (χ2n) is 6.53. The van der Waals surface area contributed by atoms with Crippen LogP contribution >= 0.6 is 11.5 Å². The van der Waals surface area contributed by atoms with Gasteiger partial charge in [-0.3, -0.25) is 0 Å². The van der Waals surface area contributed by atoms with Gasteiger partial charge in [-0.05, 0) is 58.6 Å². The predicted molar refractivity (Wildman–Crippen MR) is 78.3 cm³/mol. The van der Waals surface area contributed by atoms with Gasteiger partial charge < -0.3 is 10.1 Å². The molecule has 0 spiro atoms. The lowest BCUT2D eigenvalue weighted by atomic mass is 9.81. The Kier molecular flexibility index (Phi) is 4.28. The minimum absolute atomic E-state index is 0.0571. The van der Waals surface area contributed by atoms with E-state index >= 15 is 0 Å². The first-order valence-electron chi connectivity index (χ1n) is 7.06. The quantitative estimate of drug-likeness (QED) is 0.901. The Morgan fingerprint density at radius 3 is 2.68 bits per heavy atom. The summed E-state index contributed by atoms with van der Waals surface area (Å²) in [4.78, 5) is 1.22. The van der Waals surface area contributed by atoms with Crippen molar-refractivity contribution >= 4 is 11.5 Å². The van der Waals surface area contributed by atoms with E-state index in [1.54, 1.807) is 0 Å². The normalized spacial score (nSPS) is 26.5. The Bertz CT molecular complexity index is 403. The molecular formula is C14H25N3OS. The molecule has 2 rings (SSSR count). The van der Waals surface area contributed by atoms with Gasteiger partial charge in [-0.15, -0.1) is 5.10 Å². The SMILES string of the molecule is CCCNC(c1cnns1)C1CC(C)(C)OC1(C)C. The van der Waals surface area contributed by atoms with E-state index in [9.17, 15) is 0 Å². The Labute approximate surface area is 120 Å². The molecule has 108 valence electrons. The van der Waals surface area contributed by atoms with Gasteiger partial charge in [-0.25, -0.2) is 0 Å². The van der Waals surface area contributed by atoms with Crippen LogP contribution < -0.4 is 5.32 Å². The fraction of sp³-hybridized carbons (Fsp3) is 0.857. The third-order valence-electron chi connectivity index (χ3n) is 3.85. The molecule has 0 amide bonds. The highest BCUT2D eigenvalue weighted by atomic mass is 32.1. The Morgan fingerprint density at radius 1 is 1.47 bits per heavy atom. The molecule has 1 aliphatic rings. The van der Waals surface area contributed by atoms with Crippen molar-refractivity contribution in [1.29, 1.82) is 0 Å². The van der Waals surface area contributed by atoms with Crippen LogP contribution in [0.25, 0.3) is 0 Å². The van der Waals surface area contributed by atoms with Crippen molar-refractivity contribution < 1.29 is 4.74 Å². The van der Waals surface area contributed by atoms with Crippen LogP contribution in [0.3, 0.4) is 0 Å². The molecule has 2 unspecified atom stereocenters. The maximum absolute atomic E-state index is 6.23. The lowest BCUT2D eigenvalue weighted by Gasteiger charge is -2.32. The summed E-state index contributed by atoms with van der Waals surface area (Å²) in [6, 6.07) is 0.289. The van der Waals surface area contributed by atoms with Gasteiger partial charge in [-0.1, -0.05) is 11.4 Å². The summed E-state index contributed by atoms with van der Waals surface area (Å²) in [6.45, 7) is 11.9. The molecule has 19 heavy (non-hydrogen) atoms. The van der Waals surface area contributed by atoms with Gasteiger partial charge in [0, 0.05) is 5.92 Å². The first-order chi connectivity index (χ1) is 8.86. The van der Waals surface area contributed by atoms with E-state index in [-0.39, 0.29) is 17.2 Å². The molecule has 0 radical (unpaired) electrons. The summed E-state index contributed by atoms with van der Waals surface area (Å²) in [5, 5.41) is 7.65. The van der Waals surface area contributed by atoms with Crippen LogP contribution in [0.5, 0.6) is 0 Å². The molecule has 0 aliphatic carbocycles. The van der Waals surface area contributed by atoms with Gasteiger partial charge in [0.2, 0.25) is 0 Å². The highest BCUT2D eigenvalue weighted by molar-refractivity contribution is 7.05. The maximum atomic E-state index is 6.23. The van der Waals surface area contributed by atoms with Gasteiger partial charge >= 0.3 is 0 Å². The summed E-state index contributed by atoms with van der Waals surface area (Å²) >= 11 is 1.49. The van der Waals surface area contributed by atoms with Gasteiger partial charge in [0.05, 0.1) is 28.3 Å². The minimum Gasteiger partial charge on any atom is -0.369 e. The molecule has 1 fully saturated rings. The first kappa shape index (κ1) is 14.9. The Balaban J connectivity index is 2.23. The van der Waals surface area contributed by atoms with Crippen molar-refractivity contribution in [2.24, 2.45) is 5.92 Å². The van der Waals surface area contributed by atoms with Crippen molar-refractivity contribution in [2.45, 2.75) is 64.7 Å². The molecule has 1 N–H and O–H groups in total. The standard InChI is InChI=1S/C14H25N3OS/c1-6-7-15-12(11-9-16-17-19-11)10-8-13(2,3)18-14(10,4)5/h9-10,12,15H,6-8H2,1-5H3. The van der Waals surface area contributed by atoms with Crippen molar-refractivity contribution in [2.75, 3.05) is 6.54 Å². The van der Waals surface area contributed by atoms with E-state index < -0.39 is 0 Å². The van der Waals surface area contributed by atoms with Crippen molar-refractivity contribution in [3.8, 4) is 0 Å². The molecule has 1 aromatic heterocycles. The lowest BCUT2D eigenvalue weighted by Crippen LogP contribution is -2.38. The molecule has 0 bridgehead atoms. The highest BCUT2D eigenvalue weighted by Crippen LogP contribution is 2.47. The van der Waals surface area contributed by atoms with E-state index in [1.807, 2.05) is 6.20 Å². The number of aromatic nitrogens is 2. The number of ether oxygens (including phenoxy) is 1. The number of rotatable bonds is 5. The molecule has 0 aromatic carbocycles. The summed E-state index contributed by atoms with van der Waals surface area (Å²) in [6.07, 6.45) is 4.07. The third kappa shape index (κ3) is 3.33. The molecule has 2 heterocycles. The first-order valence-corrected chi connectivity index (χ1v) is 7.84. The van der Waals surface area contributed by atoms with Crippen LogP contribution in [0.1, 0.15) is 58.4 Å². The topological polar surface area (TPSA) is 47.0 Å². The van der Waals surface area contributed by atoms with E-state index in [4.69, 9.17) is 4.74 Å². The van der Waals surface area contributed by atoms with Crippen LogP contribution in [0.4, 0.5) is 0 Å². The highest BCUT2D eigenvalue weighted by Gasteiger charge is 2.49. The number of hydrogen-bond donors (Lipinski definition) is 1. The zero-order valence-electron chi connectivity index (χ0n) is 12.6. The molecule has 5 heteroatoms. The number of nitrogens with one attached hydrogen (secondary N) is 1. The predicted octanol–water partition coefficient (Wildman–Crippen LogP) is 3.17. The van der Waals surface area contributed by atoms with Crippen molar-refractivity contribution in [3.05, 3.63) is 11.1 Å². The van der Waals surface area contributed by atoms with E-state index in [1.165, 1.54) is 16.4 Å². The fourth-order valence-corrected chi connectivity index (χ4v) is 3.82. The summed E-state index contributed by atoms with van der Waals surface area (Å²) in [7, 11) is 0. The lowest BCUT2D eigenvalue weighted by molar-refractivity contribution is -0.0777. The van der Waals surface area contributed by atoms with Crippen molar-refractivity contribution in [1.82, 2.24) is 14.9 Å². The number of hydrogen-bond acceptors (Lipinski definition) is 5. The minimum atomic E-state index is -0.126. The molecule has 2 atom stereocenters. The zero-order valence-corrected chi connectivity index (χ0v) is 13.4. The van der Waals surface area contributed by atoms with Crippen LogP contribution in [0.15, 0.2) is 6.20 Å². The van der Waals surface area contributed by atoms with Gasteiger partial charge in [-0.2, -0.15) is 0 Å². The zero-order chi connectivity index (χ0) is 14.1. The fourth-order valence-electron chi connectivity index (χ4n) is 3.18. The average molecular weight is 283 g/mol. The summed E-state index contributed by atoms with van der Waals surface area (Å²) in [5.41, 5.74) is -0.183. The molecule has 0 saturated carbocycles. The molecule has 1 saturated heterocycles. The second kappa shape index (κ2) is 5.46. The third-order valence-corrected chi connectivity index (χ3v) is 4.59. The van der Waals surface area contributed by atoms with Crippen LogP contribution in [0, 0.1) is 5.92 Å². The maximum Gasteiger partial charge on any atom is 0.0681 e. The van der Waals surface area contributed by atoms with Gasteiger partial charge in [0.1, 0.15) is 0 Å². The number of nitrogens with zero attached hydrogens (tertiary/aromatic N) is 2. The van der Waals surface area contributed by atoms with Gasteiger partial charge in [0.25, 0.3) is 0 Å². The van der Waals surface area contributed by atoms with E-state index in [0.717, 1.165) is 19.4 Å². The summed E-state index contributed by atoms with van der Waals surface area (Å²) < 4.78 is 10.2. The van der Waals surface area contributed by atoms with Crippen LogP contribution in [-0.4, -0.2) is 27.3 Å². The largest absolute Gasteiger partial charge is 0.369 e. The second-order valence-corrected chi connectivity index (χ2v) is 7.34. The summed E-state index contributed by atoms with van der Waals surface area (Å²) in [5.74, 6) is 0.441. The van der Waals surface area contributed by atoms with Crippen molar-refractivity contribution in [3.63, 3.8) is 0 Å². The average Bonchev–Trinajstić information content (AvgIpc) is 2.86. The van der Waals surface area contributed by atoms with Gasteiger partial charge in [0.15, 0.2) is 0 Å². The smallest absolute Gasteiger partial charge is 0.0681 e. The molecule has 1 aromatic rings. The molecule has 1 aliphatic heterocycles. The molecule has 4 nitrogen and oxygen atoms in total. The molecular weight excluding hydrogens is 258 g/mol. The van der Waals surface area contributed by atoms with E-state index in [0.29, 0.717) is 5.92 Å². The Morgan fingerprint density at radius 2 is 2.21 bits per heavy atom. The monoisotopic (exact) mass is 283 g/mol. The van der Waals surface area contributed by atoms with Crippen LogP contribution in [-0.2, 0) is 4.74 Å². The Hall–Kier alpha value is -0.520. The van der Waals surface area contributed by atoms with Crippen LogP contribution in [0.2, 0.25) is 0 Å².